The highest BCUT2D eigenvalue weighted by molar-refractivity contribution is 5.90. The molecule has 1 N–H and O–H groups in total. The number of carbonyl (C=O) groups is 1. The molecule has 0 saturated carbocycles. The van der Waals surface area contributed by atoms with Gasteiger partial charge in [-0.05, 0) is 86.3 Å². The Balaban J connectivity index is 2.20. The van der Waals surface area contributed by atoms with Gasteiger partial charge in [0.2, 0.25) is 5.91 Å². The van der Waals surface area contributed by atoms with Crippen molar-refractivity contribution in [1.29, 1.82) is 0 Å². The largest absolute Gasteiger partial charge is 0.326 e. The number of carbonyl (C=O) groups excluding carboxylic acids is 1. The van der Waals surface area contributed by atoms with Gasteiger partial charge in [0.15, 0.2) is 0 Å². The van der Waals surface area contributed by atoms with Crippen LogP contribution in [-0.2, 0) is 11.2 Å². The summed E-state index contributed by atoms with van der Waals surface area (Å²) in [6.45, 7) is 15.3. The minimum Gasteiger partial charge on any atom is -0.326 e. The van der Waals surface area contributed by atoms with E-state index in [1.165, 1.54) is 28.7 Å². The maximum Gasteiger partial charge on any atom is 0.224 e. The lowest BCUT2D eigenvalue weighted by Gasteiger charge is -2.22. The number of hydrogen-bond acceptors (Lipinski definition) is 2. The van der Waals surface area contributed by atoms with Gasteiger partial charge in [-0.3, -0.25) is 9.79 Å². The zero-order valence-corrected chi connectivity index (χ0v) is 24.4. The Hall–Kier alpha value is -2.68. The van der Waals surface area contributed by atoms with E-state index in [-0.39, 0.29) is 11.8 Å². The first-order chi connectivity index (χ1) is 17.8. The highest BCUT2D eigenvalue weighted by Gasteiger charge is 2.20. The molecule has 202 valence electrons. The van der Waals surface area contributed by atoms with Crippen molar-refractivity contribution in [2.24, 2.45) is 16.8 Å². The van der Waals surface area contributed by atoms with Gasteiger partial charge in [0.05, 0.1) is 0 Å². The second kappa shape index (κ2) is 16.2. The molecule has 0 spiro atoms. The normalized spacial score (nSPS) is 14.5. The summed E-state index contributed by atoms with van der Waals surface area (Å²) in [7, 11) is 0. The number of benzene rings is 2. The van der Waals surface area contributed by atoms with Crippen LogP contribution in [0.3, 0.4) is 0 Å². The first-order valence-electron chi connectivity index (χ1n) is 14.5. The van der Waals surface area contributed by atoms with Crippen LogP contribution in [0.2, 0.25) is 0 Å². The number of aryl methyl sites for hydroxylation is 1. The van der Waals surface area contributed by atoms with Crippen LogP contribution in [0.15, 0.2) is 59.2 Å². The number of nitrogens with zero attached hydrogens (tertiary/aromatic N) is 1. The average Bonchev–Trinajstić information content (AvgIpc) is 2.88. The average molecular weight is 503 g/mol. The number of anilines is 1. The first kappa shape index (κ1) is 30.5. The Morgan fingerprint density at radius 2 is 1.76 bits per heavy atom. The molecule has 2 aromatic carbocycles. The minimum absolute atomic E-state index is 0.129. The number of amides is 1. The number of hydrogen-bond donors (Lipinski definition) is 1. The summed E-state index contributed by atoms with van der Waals surface area (Å²) in [6, 6.07) is 15.0. The fourth-order valence-corrected chi connectivity index (χ4v) is 5.13. The molecule has 3 nitrogen and oxygen atoms in total. The van der Waals surface area contributed by atoms with Crippen molar-refractivity contribution >= 4 is 17.8 Å². The number of unbranched alkanes of at least 4 members (excludes halogenated alkanes) is 1. The molecule has 2 rings (SSSR count). The molecule has 0 bridgehead atoms. The lowest BCUT2D eigenvalue weighted by atomic mass is 9.85. The number of aliphatic imine (C=N–C) groups is 1. The summed E-state index contributed by atoms with van der Waals surface area (Å²) in [5, 5.41) is 3.15. The van der Waals surface area contributed by atoms with Gasteiger partial charge in [-0.2, -0.15) is 0 Å². The fourth-order valence-electron chi connectivity index (χ4n) is 5.13. The van der Waals surface area contributed by atoms with Crippen LogP contribution >= 0.6 is 0 Å². The minimum atomic E-state index is 0.129. The maximum atomic E-state index is 12.8. The Kier molecular flexibility index (Phi) is 13.4. The molecule has 1 amide bonds. The SMILES string of the molecule is CC=N/C(=C\CCC)C(Cc1ccc(NC(=O)CC(CCC)CC(C)CC)cc1)c1cccc(C)c1C. The highest BCUT2D eigenvalue weighted by atomic mass is 16.1. The van der Waals surface area contributed by atoms with Crippen LogP contribution in [0, 0.1) is 25.7 Å². The van der Waals surface area contributed by atoms with Crippen LogP contribution in [0.25, 0.3) is 0 Å². The summed E-state index contributed by atoms with van der Waals surface area (Å²) in [5.41, 5.74) is 7.25. The molecule has 0 aliphatic carbocycles. The highest BCUT2D eigenvalue weighted by Crippen LogP contribution is 2.33. The zero-order chi connectivity index (χ0) is 27.2. The zero-order valence-electron chi connectivity index (χ0n) is 24.4. The lowest BCUT2D eigenvalue weighted by molar-refractivity contribution is -0.117. The van der Waals surface area contributed by atoms with Crippen LogP contribution in [-0.4, -0.2) is 12.1 Å². The lowest BCUT2D eigenvalue weighted by Crippen LogP contribution is -2.18. The second-order valence-corrected chi connectivity index (χ2v) is 10.7. The molecule has 37 heavy (non-hydrogen) atoms. The quantitative estimate of drug-likeness (QED) is 0.242. The van der Waals surface area contributed by atoms with Crippen molar-refractivity contribution in [3.05, 3.63) is 76.5 Å². The third-order valence-corrected chi connectivity index (χ3v) is 7.58. The predicted molar refractivity (Wildman–Crippen MR) is 162 cm³/mol. The third-order valence-electron chi connectivity index (χ3n) is 7.58. The van der Waals surface area contributed by atoms with Gasteiger partial charge in [-0.15, -0.1) is 0 Å². The van der Waals surface area contributed by atoms with Gasteiger partial charge in [0, 0.05) is 29.9 Å². The van der Waals surface area contributed by atoms with Gasteiger partial charge in [0.25, 0.3) is 0 Å². The van der Waals surface area contributed by atoms with E-state index in [4.69, 9.17) is 4.99 Å². The monoisotopic (exact) mass is 502 g/mol. The van der Waals surface area contributed by atoms with Gasteiger partial charge < -0.3 is 5.32 Å². The van der Waals surface area contributed by atoms with Crippen LogP contribution in [0.5, 0.6) is 0 Å². The van der Waals surface area contributed by atoms with E-state index in [2.05, 4.69) is 95.4 Å². The standard InChI is InChI=1S/C34H50N2O/c1-8-12-17-33(35-11-4)32(31-16-13-15-26(6)27(31)7)23-28-18-20-30(21-19-28)36-34(37)24-29(14-9-2)22-25(5)10-3/h11,13,15-21,25,29,32H,8-10,12,14,22-24H2,1-7H3,(H,36,37)/b33-17-,35-11?. The molecular weight excluding hydrogens is 452 g/mol. The molecule has 3 atom stereocenters. The van der Waals surface area contributed by atoms with E-state index in [1.807, 2.05) is 13.1 Å². The van der Waals surface area contributed by atoms with Crippen LogP contribution in [0.1, 0.15) is 108 Å². The second-order valence-electron chi connectivity index (χ2n) is 10.7. The van der Waals surface area contributed by atoms with Crippen LogP contribution < -0.4 is 5.32 Å². The van der Waals surface area contributed by atoms with Crippen molar-refractivity contribution in [3.63, 3.8) is 0 Å². The van der Waals surface area contributed by atoms with Crippen molar-refractivity contribution in [3.8, 4) is 0 Å². The molecule has 2 aromatic rings. The van der Waals surface area contributed by atoms with Crippen molar-refractivity contribution in [2.75, 3.05) is 5.32 Å². The molecule has 3 heteroatoms. The Morgan fingerprint density at radius 3 is 2.38 bits per heavy atom. The van der Waals surface area contributed by atoms with Crippen molar-refractivity contribution < 1.29 is 4.79 Å². The molecule has 0 saturated heterocycles. The summed E-state index contributed by atoms with van der Waals surface area (Å²) >= 11 is 0. The molecular formula is C34H50N2O. The van der Waals surface area contributed by atoms with Gasteiger partial charge in [-0.1, -0.05) is 89.8 Å². The molecule has 0 aliphatic heterocycles. The predicted octanol–water partition coefficient (Wildman–Crippen LogP) is 9.59. The molecule has 3 unspecified atom stereocenters. The summed E-state index contributed by atoms with van der Waals surface area (Å²) < 4.78 is 0. The maximum absolute atomic E-state index is 12.8. The molecule has 0 radical (unpaired) electrons. The van der Waals surface area contributed by atoms with Crippen molar-refractivity contribution in [2.45, 2.75) is 106 Å². The molecule has 0 aromatic heterocycles. The van der Waals surface area contributed by atoms with E-state index >= 15 is 0 Å². The van der Waals surface area contributed by atoms with E-state index in [1.54, 1.807) is 0 Å². The van der Waals surface area contributed by atoms with E-state index in [0.717, 1.165) is 49.9 Å². The number of nitrogens with one attached hydrogen (secondary N) is 1. The summed E-state index contributed by atoms with van der Waals surface area (Å²) in [6.07, 6.45) is 12.4. The van der Waals surface area contributed by atoms with Crippen LogP contribution in [0.4, 0.5) is 5.69 Å². The summed E-state index contributed by atoms with van der Waals surface area (Å²) in [5.74, 6) is 1.45. The number of allylic oxidation sites excluding steroid dienone is 2. The molecule has 0 aliphatic rings. The Labute approximate surface area is 226 Å². The smallest absolute Gasteiger partial charge is 0.224 e. The van der Waals surface area contributed by atoms with E-state index in [9.17, 15) is 4.79 Å². The van der Waals surface area contributed by atoms with E-state index in [0.29, 0.717) is 18.3 Å². The van der Waals surface area contributed by atoms with E-state index < -0.39 is 0 Å². The fraction of sp³-hybridized carbons (Fsp3) is 0.529. The van der Waals surface area contributed by atoms with Gasteiger partial charge in [0.1, 0.15) is 0 Å². The Morgan fingerprint density at radius 1 is 1.03 bits per heavy atom. The Bertz CT molecular complexity index is 1020. The summed E-state index contributed by atoms with van der Waals surface area (Å²) in [4.78, 5) is 17.6. The molecule has 0 heterocycles. The molecule has 0 fully saturated rings. The third kappa shape index (κ3) is 9.95. The number of rotatable bonds is 15. The topological polar surface area (TPSA) is 41.5 Å². The first-order valence-corrected chi connectivity index (χ1v) is 14.5. The van der Waals surface area contributed by atoms with Crippen molar-refractivity contribution in [1.82, 2.24) is 0 Å². The van der Waals surface area contributed by atoms with Gasteiger partial charge in [-0.25, -0.2) is 0 Å². The van der Waals surface area contributed by atoms with Gasteiger partial charge >= 0.3 is 0 Å².